The number of hydrogen-bond donors (Lipinski definition) is 1. The van der Waals surface area contributed by atoms with E-state index in [-0.39, 0.29) is 5.91 Å². The minimum absolute atomic E-state index is 0.0877. The number of nitrogens with zero attached hydrogens (tertiary/aromatic N) is 3. The number of carbonyl (C=O) groups excluding carboxylic acids is 1. The minimum Gasteiger partial charge on any atom is -0.355 e. The molecule has 1 aliphatic rings. The highest BCUT2D eigenvalue weighted by molar-refractivity contribution is 7.99. The first-order valence-electron chi connectivity index (χ1n) is 7.96. The maximum Gasteiger partial charge on any atom is 0.230 e. The smallest absolute Gasteiger partial charge is 0.230 e. The zero-order chi connectivity index (χ0) is 15.1. The van der Waals surface area contributed by atoms with Crippen molar-refractivity contribution in [1.29, 1.82) is 0 Å². The Labute approximate surface area is 131 Å². The lowest BCUT2D eigenvalue weighted by Crippen LogP contribution is -2.26. The van der Waals surface area contributed by atoms with Crippen molar-refractivity contribution in [3.63, 3.8) is 0 Å². The molecule has 0 aliphatic heterocycles. The molecule has 6 heteroatoms. The maximum absolute atomic E-state index is 11.8. The van der Waals surface area contributed by atoms with E-state index < -0.39 is 0 Å². The van der Waals surface area contributed by atoms with Gasteiger partial charge in [-0.05, 0) is 32.6 Å². The van der Waals surface area contributed by atoms with E-state index in [1.807, 2.05) is 4.57 Å². The SMILES string of the molecule is CC(C)n1cnnc1SCC(=O)NCCCC1CCCC1. The van der Waals surface area contributed by atoms with E-state index in [2.05, 4.69) is 29.4 Å². The van der Waals surface area contributed by atoms with E-state index in [0.29, 0.717) is 11.8 Å². The van der Waals surface area contributed by atoms with Gasteiger partial charge in [0.05, 0.1) is 5.75 Å². The molecule has 0 atom stereocenters. The van der Waals surface area contributed by atoms with Crippen molar-refractivity contribution in [2.24, 2.45) is 5.92 Å². The average molecular weight is 310 g/mol. The summed E-state index contributed by atoms with van der Waals surface area (Å²) in [5, 5.41) is 11.8. The molecule has 1 saturated carbocycles. The second kappa shape index (κ2) is 8.41. The normalized spacial score (nSPS) is 15.8. The van der Waals surface area contributed by atoms with E-state index in [1.165, 1.54) is 43.9 Å². The molecule has 0 unspecified atom stereocenters. The molecule has 1 aromatic heterocycles. The molecule has 0 spiro atoms. The first-order chi connectivity index (χ1) is 10.2. The molecule has 0 radical (unpaired) electrons. The number of aromatic nitrogens is 3. The van der Waals surface area contributed by atoms with E-state index in [1.54, 1.807) is 6.33 Å². The summed E-state index contributed by atoms with van der Waals surface area (Å²) in [5.74, 6) is 1.40. The predicted octanol–water partition coefficient (Wildman–Crippen LogP) is 3.04. The number of rotatable bonds is 8. The molecule has 1 fully saturated rings. The van der Waals surface area contributed by atoms with Gasteiger partial charge < -0.3 is 9.88 Å². The van der Waals surface area contributed by atoms with Gasteiger partial charge in [0.1, 0.15) is 6.33 Å². The van der Waals surface area contributed by atoms with Gasteiger partial charge in [-0.2, -0.15) is 0 Å². The van der Waals surface area contributed by atoms with Gasteiger partial charge in [0, 0.05) is 12.6 Å². The summed E-state index contributed by atoms with van der Waals surface area (Å²) in [6, 6.07) is 0.317. The molecule has 1 aliphatic carbocycles. The Morgan fingerprint density at radius 2 is 2.24 bits per heavy atom. The molecular weight excluding hydrogens is 284 g/mol. The van der Waals surface area contributed by atoms with Crippen LogP contribution in [0, 0.1) is 5.92 Å². The van der Waals surface area contributed by atoms with Crippen molar-refractivity contribution >= 4 is 17.7 Å². The number of amides is 1. The first kappa shape index (κ1) is 16.3. The fourth-order valence-corrected chi connectivity index (χ4v) is 3.66. The Kier molecular flexibility index (Phi) is 6.54. The summed E-state index contributed by atoms with van der Waals surface area (Å²) in [7, 11) is 0. The third kappa shape index (κ3) is 5.34. The van der Waals surface area contributed by atoms with Crippen LogP contribution in [0.2, 0.25) is 0 Å². The Morgan fingerprint density at radius 3 is 2.95 bits per heavy atom. The van der Waals surface area contributed by atoms with Crippen LogP contribution < -0.4 is 5.32 Å². The fraction of sp³-hybridized carbons (Fsp3) is 0.800. The summed E-state index contributed by atoms with van der Waals surface area (Å²) in [5.41, 5.74) is 0. The molecule has 1 amide bonds. The summed E-state index contributed by atoms with van der Waals surface area (Å²) in [6.07, 6.45) is 9.63. The van der Waals surface area contributed by atoms with Crippen molar-refractivity contribution in [1.82, 2.24) is 20.1 Å². The monoisotopic (exact) mass is 310 g/mol. The Morgan fingerprint density at radius 1 is 1.48 bits per heavy atom. The van der Waals surface area contributed by atoms with Gasteiger partial charge in [0.25, 0.3) is 0 Å². The quantitative estimate of drug-likeness (QED) is 0.592. The predicted molar refractivity (Wildman–Crippen MR) is 85.3 cm³/mol. The third-order valence-corrected chi connectivity index (χ3v) is 4.97. The number of hydrogen-bond acceptors (Lipinski definition) is 4. The second-order valence-corrected chi connectivity index (χ2v) is 6.99. The lowest BCUT2D eigenvalue weighted by molar-refractivity contribution is -0.118. The number of nitrogens with one attached hydrogen (secondary N) is 1. The molecule has 2 rings (SSSR count). The van der Waals surface area contributed by atoms with E-state index >= 15 is 0 Å². The van der Waals surface area contributed by atoms with Crippen LogP contribution in [-0.2, 0) is 4.79 Å². The van der Waals surface area contributed by atoms with Crippen LogP contribution in [0.25, 0.3) is 0 Å². The summed E-state index contributed by atoms with van der Waals surface area (Å²) >= 11 is 1.45. The van der Waals surface area contributed by atoms with Crippen LogP contribution in [0.5, 0.6) is 0 Å². The lowest BCUT2D eigenvalue weighted by atomic mass is 10.0. The molecule has 5 nitrogen and oxygen atoms in total. The standard InChI is InChI=1S/C15H26N4OS/c1-12(2)19-11-17-18-15(19)21-10-14(20)16-9-5-8-13-6-3-4-7-13/h11-13H,3-10H2,1-2H3,(H,16,20). The molecule has 21 heavy (non-hydrogen) atoms. The highest BCUT2D eigenvalue weighted by atomic mass is 32.2. The van der Waals surface area contributed by atoms with Crippen molar-refractivity contribution in [3.05, 3.63) is 6.33 Å². The van der Waals surface area contributed by atoms with Crippen LogP contribution in [0.15, 0.2) is 11.5 Å². The molecule has 1 heterocycles. The molecule has 0 saturated heterocycles. The highest BCUT2D eigenvalue weighted by Crippen LogP contribution is 2.28. The van der Waals surface area contributed by atoms with Gasteiger partial charge in [-0.1, -0.05) is 37.4 Å². The minimum atomic E-state index is 0.0877. The van der Waals surface area contributed by atoms with Gasteiger partial charge in [0.15, 0.2) is 5.16 Å². The third-order valence-electron chi connectivity index (χ3n) is 4.01. The molecule has 1 aromatic rings. The van der Waals surface area contributed by atoms with Crippen LogP contribution in [0.1, 0.15) is 58.4 Å². The number of carbonyl (C=O) groups is 1. The van der Waals surface area contributed by atoms with Crippen LogP contribution >= 0.6 is 11.8 Å². The first-order valence-corrected chi connectivity index (χ1v) is 8.94. The van der Waals surface area contributed by atoms with Gasteiger partial charge in [-0.3, -0.25) is 4.79 Å². The van der Waals surface area contributed by atoms with E-state index in [9.17, 15) is 4.79 Å². The summed E-state index contributed by atoms with van der Waals surface area (Å²) in [6.45, 7) is 4.96. The van der Waals surface area contributed by atoms with Gasteiger partial charge in [-0.25, -0.2) is 0 Å². The van der Waals surface area contributed by atoms with Crippen LogP contribution in [-0.4, -0.2) is 33.0 Å². The molecular formula is C15H26N4OS. The highest BCUT2D eigenvalue weighted by Gasteiger charge is 2.14. The van der Waals surface area contributed by atoms with Crippen LogP contribution in [0.3, 0.4) is 0 Å². The molecule has 118 valence electrons. The zero-order valence-electron chi connectivity index (χ0n) is 13.0. The Balaban J connectivity index is 1.59. The molecule has 0 aromatic carbocycles. The van der Waals surface area contributed by atoms with Crippen molar-refractivity contribution < 1.29 is 4.79 Å². The maximum atomic E-state index is 11.8. The molecule has 0 bridgehead atoms. The van der Waals surface area contributed by atoms with Crippen molar-refractivity contribution in [3.8, 4) is 0 Å². The topological polar surface area (TPSA) is 59.8 Å². The van der Waals surface area contributed by atoms with E-state index in [0.717, 1.165) is 24.0 Å². The van der Waals surface area contributed by atoms with Gasteiger partial charge in [0.2, 0.25) is 5.91 Å². The van der Waals surface area contributed by atoms with Crippen LogP contribution in [0.4, 0.5) is 0 Å². The van der Waals surface area contributed by atoms with Gasteiger partial charge >= 0.3 is 0 Å². The van der Waals surface area contributed by atoms with Gasteiger partial charge in [-0.15, -0.1) is 10.2 Å². The number of thioether (sulfide) groups is 1. The van der Waals surface area contributed by atoms with Crippen molar-refractivity contribution in [2.75, 3.05) is 12.3 Å². The lowest BCUT2D eigenvalue weighted by Gasteiger charge is -2.10. The Hall–Kier alpha value is -1.04. The van der Waals surface area contributed by atoms with Crippen molar-refractivity contribution in [2.45, 2.75) is 63.6 Å². The largest absolute Gasteiger partial charge is 0.355 e. The summed E-state index contributed by atoms with van der Waals surface area (Å²) < 4.78 is 1.98. The Bertz CT molecular complexity index is 441. The van der Waals surface area contributed by atoms with E-state index in [4.69, 9.17) is 0 Å². The summed E-state index contributed by atoms with van der Waals surface area (Å²) in [4.78, 5) is 11.8. The average Bonchev–Trinajstić information content (AvgIpc) is 3.12. The fourth-order valence-electron chi connectivity index (χ4n) is 2.79. The zero-order valence-corrected chi connectivity index (χ0v) is 13.9. The second-order valence-electron chi connectivity index (χ2n) is 6.05. The molecule has 1 N–H and O–H groups in total.